The Bertz CT molecular complexity index is 533. The van der Waals surface area contributed by atoms with Crippen LogP contribution in [0.1, 0.15) is 23.2 Å². The van der Waals surface area contributed by atoms with Crippen LogP contribution >= 0.6 is 35.0 Å². The first-order chi connectivity index (χ1) is 9.52. The van der Waals surface area contributed by atoms with Crippen LogP contribution in [0.25, 0.3) is 0 Å². The summed E-state index contributed by atoms with van der Waals surface area (Å²) in [4.78, 5) is 24.5. The van der Waals surface area contributed by atoms with E-state index < -0.39 is 4.92 Å². The van der Waals surface area contributed by atoms with E-state index in [0.717, 1.165) is 12.8 Å². The summed E-state index contributed by atoms with van der Waals surface area (Å²) in [6.07, 6.45) is 1.84. The topological polar surface area (TPSA) is 89.5 Å². The molecule has 1 aromatic rings. The van der Waals surface area contributed by atoms with Gasteiger partial charge in [-0.2, -0.15) is 0 Å². The number of nitrogens with two attached hydrogens (primary N) is 1. The third-order valence-electron chi connectivity index (χ3n) is 3.63. The molecule has 0 saturated carbocycles. The molecule has 0 spiro atoms. The van der Waals surface area contributed by atoms with Gasteiger partial charge >= 0.3 is 0 Å². The highest BCUT2D eigenvalue weighted by molar-refractivity contribution is 14.1. The number of non-ortho nitro benzene ring substituents is 1. The number of likely N-dealkylation sites (tertiary alicyclic amines) is 1. The van der Waals surface area contributed by atoms with E-state index in [1.165, 1.54) is 18.2 Å². The molecule has 8 heteroatoms. The van der Waals surface area contributed by atoms with Crippen LogP contribution in [0.3, 0.4) is 0 Å². The number of hydrogen-bond acceptors (Lipinski definition) is 4. The zero-order chi connectivity index (χ0) is 14.7. The van der Waals surface area contributed by atoms with Gasteiger partial charge in [0.25, 0.3) is 11.6 Å². The fourth-order valence-electron chi connectivity index (χ4n) is 2.33. The smallest absolute Gasteiger partial charge is 0.270 e. The lowest BCUT2D eigenvalue weighted by molar-refractivity contribution is -0.384. The molecule has 0 aliphatic carbocycles. The summed E-state index contributed by atoms with van der Waals surface area (Å²) in [5.41, 5.74) is 6.17. The number of carbonyl (C=O) groups excluding carboxylic acids is 1. The molecular weight excluding hydrogens is 409 g/mol. The SMILES string of the molecule is Cl.NCC1CCN(C(=O)c2ccc([N+](=O)[O-])cc2I)CC1. The van der Waals surface area contributed by atoms with Crippen molar-refractivity contribution in [3.63, 3.8) is 0 Å². The first-order valence-corrected chi connectivity index (χ1v) is 7.54. The monoisotopic (exact) mass is 425 g/mol. The van der Waals surface area contributed by atoms with Gasteiger partial charge in [-0.05, 0) is 54.0 Å². The van der Waals surface area contributed by atoms with E-state index in [-0.39, 0.29) is 24.0 Å². The fourth-order valence-corrected chi connectivity index (χ4v) is 3.06. The molecule has 1 fully saturated rings. The summed E-state index contributed by atoms with van der Waals surface area (Å²) in [7, 11) is 0. The first-order valence-electron chi connectivity index (χ1n) is 6.46. The first kappa shape index (κ1) is 18.1. The van der Waals surface area contributed by atoms with Crippen molar-refractivity contribution in [2.24, 2.45) is 11.7 Å². The van der Waals surface area contributed by atoms with Crippen molar-refractivity contribution in [3.05, 3.63) is 37.4 Å². The van der Waals surface area contributed by atoms with Crippen LogP contribution in [-0.4, -0.2) is 35.4 Å². The summed E-state index contributed by atoms with van der Waals surface area (Å²) >= 11 is 1.97. The average Bonchev–Trinajstić information content (AvgIpc) is 2.46. The van der Waals surface area contributed by atoms with Crippen LogP contribution in [-0.2, 0) is 0 Å². The van der Waals surface area contributed by atoms with Crippen molar-refractivity contribution in [2.75, 3.05) is 19.6 Å². The van der Waals surface area contributed by atoms with Gasteiger partial charge in [-0.1, -0.05) is 0 Å². The molecule has 2 rings (SSSR count). The molecule has 1 aliphatic rings. The summed E-state index contributed by atoms with van der Waals surface area (Å²) in [6.45, 7) is 2.07. The largest absolute Gasteiger partial charge is 0.339 e. The van der Waals surface area contributed by atoms with E-state index in [1.807, 2.05) is 22.6 Å². The molecule has 1 amide bonds. The van der Waals surface area contributed by atoms with Gasteiger partial charge in [0.2, 0.25) is 0 Å². The maximum absolute atomic E-state index is 12.4. The summed E-state index contributed by atoms with van der Waals surface area (Å²) < 4.78 is 0.614. The minimum Gasteiger partial charge on any atom is -0.339 e. The molecule has 6 nitrogen and oxygen atoms in total. The lowest BCUT2D eigenvalue weighted by Gasteiger charge is -2.31. The highest BCUT2D eigenvalue weighted by Gasteiger charge is 2.24. The van der Waals surface area contributed by atoms with Gasteiger partial charge in [0, 0.05) is 28.8 Å². The quantitative estimate of drug-likeness (QED) is 0.457. The Balaban J connectivity index is 0.00000220. The van der Waals surface area contributed by atoms with Gasteiger partial charge in [-0.3, -0.25) is 14.9 Å². The normalized spacial score (nSPS) is 15.4. The van der Waals surface area contributed by atoms with E-state index in [9.17, 15) is 14.9 Å². The lowest BCUT2D eigenvalue weighted by Crippen LogP contribution is -2.40. The molecule has 0 aromatic heterocycles. The highest BCUT2D eigenvalue weighted by Crippen LogP contribution is 2.23. The molecule has 1 aromatic carbocycles. The Labute approximate surface area is 142 Å². The molecule has 21 heavy (non-hydrogen) atoms. The lowest BCUT2D eigenvalue weighted by atomic mass is 9.96. The number of carbonyl (C=O) groups is 1. The van der Waals surface area contributed by atoms with Crippen molar-refractivity contribution in [1.82, 2.24) is 4.90 Å². The van der Waals surface area contributed by atoms with E-state index in [0.29, 0.717) is 34.7 Å². The molecule has 116 valence electrons. The standard InChI is InChI=1S/C13H16IN3O3.ClH/c14-12-7-10(17(19)20)1-2-11(12)13(18)16-5-3-9(8-15)4-6-16;/h1-2,7,9H,3-6,8,15H2;1H. The molecule has 1 aliphatic heterocycles. The van der Waals surface area contributed by atoms with Gasteiger partial charge in [-0.15, -0.1) is 12.4 Å². The zero-order valence-corrected chi connectivity index (χ0v) is 14.3. The third-order valence-corrected chi connectivity index (χ3v) is 4.52. The number of nitro groups is 1. The minimum atomic E-state index is -0.455. The number of hydrogen-bond donors (Lipinski definition) is 1. The number of rotatable bonds is 3. The Kier molecular flexibility index (Phi) is 6.82. The second-order valence-electron chi connectivity index (χ2n) is 4.89. The number of nitrogens with zero attached hydrogens (tertiary/aromatic N) is 2. The van der Waals surface area contributed by atoms with Crippen molar-refractivity contribution >= 4 is 46.6 Å². The van der Waals surface area contributed by atoms with Crippen molar-refractivity contribution < 1.29 is 9.72 Å². The second kappa shape index (κ2) is 7.90. The number of benzene rings is 1. The minimum absolute atomic E-state index is 0. The number of halogens is 2. The van der Waals surface area contributed by atoms with Crippen LogP contribution in [0.5, 0.6) is 0 Å². The third kappa shape index (κ3) is 4.27. The van der Waals surface area contributed by atoms with Crippen molar-refractivity contribution in [1.29, 1.82) is 0 Å². The maximum Gasteiger partial charge on any atom is 0.270 e. The number of nitro benzene ring substituents is 1. The molecule has 2 N–H and O–H groups in total. The fraction of sp³-hybridized carbons (Fsp3) is 0.462. The van der Waals surface area contributed by atoms with Gasteiger partial charge in [-0.25, -0.2) is 0 Å². The van der Waals surface area contributed by atoms with Gasteiger partial charge in [0.1, 0.15) is 0 Å². The Morgan fingerprint density at radius 1 is 1.43 bits per heavy atom. The van der Waals surface area contributed by atoms with Crippen molar-refractivity contribution in [2.45, 2.75) is 12.8 Å². The number of amides is 1. The molecule has 0 bridgehead atoms. The van der Waals surface area contributed by atoms with E-state index >= 15 is 0 Å². The maximum atomic E-state index is 12.4. The highest BCUT2D eigenvalue weighted by atomic mass is 127. The molecule has 1 saturated heterocycles. The van der Waals surface area contributed by atoms with Gasteiger partial charge < -0.3 is 10.6 Å². The van der Waals surface area contributed by atoms with Crippen LogP contribution in [0.2, 0.25) is 0 Å². The van der Waals surface area contributed by atoms with Crippen molar-refractivity contribution in [3.8, 4) is 0 Å². The molecular formula is C13H17ClIN3O3. The van der Waals surface area contributed by atoms with Gasteiger partial charge in [0.05, 0.1) is 10.5 Å². The predicted octanol–water partition coefficient (Wildman–Crippen LogP) is 2.43. The van der Waals surface area contributed by atoms with Crippen LogP contribution in [0, 0.1) is 19.6 Å². The zero-order valence-electron chi connectivity index (χ0n) is 11.3. The number of piperidine rings is 1. The van der Waals surface area contributed by atoms with Crippen LogP contribution in [0.15, 0.2) is 18.2 Å². The molecule has 1 heterocycles. The molecule has 0 atom stereocenters. The molecule has 0 radical (unpaired) electrons. The van der Waals surface area contributed by atoms with E-state index in [4.69, 9.17) is 5.73 Å². The van der Waals surface area contributed by atoms with E-state index in [1.54, 1.807) is 4.90 Å². The Morgan fingerprint density at radius 2 is 2.05 bits per heavy atom. The predicted molar refractivity (Wildman–Crippen MR) is 90.7 cm³/mol. The van der Waals surface area contributed by atoms with Gasteiger partial charge in [0.15, 0.2) is 0 Å². The second-order valence-corrected chi connectivity index (χ2v) is 6.05. The van der Waals surface area contributed by atoms with Crippen LogP contribution in [0.4, 0.5) is 5.69 Å². The average molecular weight is 426 g/mol. The Morgan fingerprint density at radius 3 is 2.52 bits per heavy atom. The summed E-state index contributed by atoms with van der Waals surface area (Å²) in [5.74, 6) is 0.440. The molecule has 0 unspecified atom stereocenters. The summed E-state index contributed by atoms with van der Waals surface area (Å²) in [6, 6.07) is 4.35. The Hall–Kier alpha value is -0.930. The van der Waals surface area contributed by atoms with E-state index in [2.05, 4.69) is 0 Å². The van der Waals surface area contributed by atoms with Crippen LogP contribution < -0.4 is 5.73 Å². The summed E-state index contributed by atoms with van der Waals surface area (Å²) in [5, 5.41) is 10.7.